The number of aliphatic hydroxyl groups excluding tert-OH is 1. The Balaban J connectivity index is 1.51. The molecule has 0 aliphatic carbocycles. The number of β-amino-alcohol motifs (C(OH)–C–C–N with tert-alkyl or cyclic N) is 1. The lowest BCUT2D eigenvalue weighted by atomic mass is 10.1. The van der Waals surface area contributed by atoms with Gasteiger partial charge in [-0.05, 0) is 37.2 Å². The van der Waals surface area contributed by atoms with Gasteiger partial charge in [0.2, 0.25) is 5.89 Å². The maximum Gasteiger partial charge on any atom is 0.226 e. The Labute approximate surface area is 147 Å². The molecular weight excluding hydrogens is 323 g/mol. The summed E-state index contributed by atoms with van der Waals surface area (Å²) in [6.45, 7) is 6.79. The molecule has 136 valence electrons. The molecule has 1 aromatic carbocycles. The molecule has 0 saturated carbocycles. The normalized spacial score (nSPS) is 18.2. The highest BCUT2D eigenvalue weighted by atomic mass is 19.1. The molecule has 0 radical (unpaired) electrons. The first-order valence-electron chi connectivity index (χ1n) is 8.83. The molecule has 1 atom stereocenters. The lowest BCUT2D eigenvalue weighted by molar-refractivity contribution is 0.114. The van der Waals surface area contributed by atoms with Crippen LogP contribution < -0.4 is 0 Å². The van der Waals surface area contributed by atoms with Crippen LogP contribution in [-0.4, -0.2) is 57.8 Å². The van der Waals surface area contributed by atoms with Gasteiger partial charge in [-0.1, -0.05) is 24.2 Å². The van der Waals surface area contributed by atoms with Crippen LogP contribution in [0.3, 0.4) is 0 Å². The highest BCUT2D eigenvalue weighted by molar-refractivity contribution is 5.19. The van der Waals surface area contributed by atoms with E-state index in [9.17, 15) is 9.50 Å². The number of aliphatic hydroxyl groups is 1. The molecule has 0 spiro atoms. The zero-order valence-electron chi connectivity index (χ0n) is 14.6. The highest BCUT2D eigenvalue weighted by Gasteiger charge is 2.19. The topological polar surface area (TPSA) is 65.6 Å². The third kappa shape index (κ3) is 5.07. The SMILES string of the molecule is CCc1nc(CN2CCCN(C[C@@H](O)c3cccc(F)c3)CC2)no1. The summed E-state index contributed by atoms with van der Waals surface area (Å²) >= 11 is 0. The Hall–Kier alpha value is -1.83. The van der Waals surface area contributed by atoms with Gasteiger partial charge < -0.3 is 9.63 Å². The van der Waals surface area contributed by atoms with Crippen molar-refractivity contribution in [2.24, 2.45) is 0 Å². The van der Waals surface area contributed by atoms with Gasteiger partial charge in [0.25, 0.3) is 0 Å². The quantitative estimate of drug-likeness (QED) is 0.861. The van der Waals surface area contributed by atoms with Crippen LogP contribution >= 0.6 is 0 Å². The van der Waals surface area contributed by atoms with Crippen molar-refractivity contribution < 1.29 is 14.0 Å². The monoisotopic (exact) mass is 348 g/mol. The van der Waals surface area contributed by atoms with Crippen molar-refractivity contribution in [3.05, 3.63) is 47.4 Å². The van der Waals surface area contributed by atoms with E-state index in [4.69, 9.17) is 4.52 Å². The second kappa shape index (κ2) is 8.51. The molecule has 1 N–H and O–H groups in total. The lowest BCUT2D eigenvalue weighted by Gasteiger charge is -2.24. The van der Waals surface area contributed by atoms with E-state index in [0.29, 0.717) is 24.5 Å². The molecule has 3 rings (SSSR count). The zero-order chi connectivity index (χ0) is 17.6. The Morgan fingerprint density at radius 2 is 2.04 bits per heavy atom. The second-order valence-electron chi connectivity index (χ2n) is 6.46. The van der Waals surface area contributed by atoms with Crippen LogP contribution in [0.2, 0.25) is 0 Å². The smallest absolute Gasteiger partial charge is 0.226 e. The molecular formula is C18H25FN4O2. The maximum atomic E-state index is 13.3. The van der Waals surface area contributed by atoms with Crippen molar-refractivity contribution in [1.29, 1.82) is 0 Å². The fraction of sp³-hybridized carbons (Fsp3) is 0.556. The van der Waals surface area contributed by atoms with Gasteiger partial charge in [0.05, 0.1) is 12.6 Å². The first-order chi connectivity index (χ1) is 12.1. The Morgan fingerprint density at radius 3 is 2.80 bits per heavy atom. The van der Waals surface area contributed by atoms with Crippen LogP contribution in [0.5, 0.6) is 0 Å². The molecule has 1 saturated heterocycles. The van der Waals surface area contributed by atoms with Crippen molar-refractivity contribution in [2.45, 2.75) is 32.4 Å². The minimum atomic E-state index is -0.674. The number of hydrogen-bond donors (Lipinski definition) is 1. The Kier molecular flexibility index (Phi) is 6.12. The molecule has 0 bridgehead atoms. The second-order valence-corrected chi connectivity index (χ2v) is 6.46. The molecule has 0 unspecified atom stereocenters. The van der Waals surface area contributed by atoms with Crippen LogP contribution in [0, 0.1) is 5.82 Å². The number of aromatic nitrogens is 2. The number of benzene rings is 1. The number of hydrogen-bond acceptors (Lipinski definition) is 6. The van der Waals surface area contributed by atoms with E-state index in [0.717, 1.165) is 44.8 Å². The molecule has 1 aliphatic heterocycles. The fourth-order valence-electron chi connectivity index (χ4n) is 3.13. The predicted octanol–water partition coefficient (Wildman–Crippen LogP) is 2.01. The number of rotatable bonds is 6. The van der Waals surface area contributed by atoms with Crippen molar-refractivity contribution in [3.63, 3.8) is 0 Å². The summed E-state index contributed by atoms with van der Waals surface area (Å²) in [5.74, 6) is 1.08. The van der Waals surface area contributed by atoms with Gasteiger partial charge >= 0.3 is 0 Å². The minimum Gasteiger partial charge on any atom is -0.387 e. The first-order valence-corrected chi connectivity index (χ1v) is 8.83. The molecule has 2 aromatic rings. The molecule has 6 nitrogen and oxygen atoms in total. The summed E-state index contributed by atoms with van der Waals surface area (Å²) in [6.07, 6.45) is 1.08. The number of halogens is 1. The third-order valence-corrected chi connectivity index (χ3v) is 4.52. The first kappa shape index (κ1) is 18.0. The summed E-state index contributed by atoms with van der Waals surface area (Å²) in [5, 5.41) is 14.4. The van der Waals surface area contributed by atoms with E-state index in [1.54, 1.807) is 12.1 Å². The number of nitrogens with zero attached hydrogens (tertiary/aromatic N) is 4. The van der Waals surface area contributed by atoms with Crippen LogP contribution in [0.25, 0.3) is 0 Å². The van der Waals surface area contributed by atoms with Crippen molar-refractivity contribution in [3.8, 4) is 0 Å². The maximum absolute atomic E-state index is 13.3. The number of aryl methyl sites for hydroxylation is 1. The van der Waals surface area contributed by atoms with Gasteiger partial charge in [-0.2, -0.15) is 4.98 Å². The molecule has 1 aromatic heterocycles. The average Bonchev–Trinajstić information content (AvgIpc) is 2.95. The minimum absolute atomic E-state index is 0.315. The summed E-state index contributed by atoms with van der Waals surface area (Å²) in [5.41, 5.74) is 0.625. The molecule has 1 aliphatic rings. The summed E-state index contributed by atoms with van der Waals surface area (Å²) < 4.78 is 18.5. The molecule has 7 heteroatoms. The molecule has 25 heavy (non-hydrogen) atoms. The van der Waals surface area contributed by atoms with Gasteiger partial charge in [0.1, 0.15) is 5.82 Å². The predicted molar refractivity (Wildman–Crippen MR) is 91.4 cm³/mol. The Morgan fingerprint density at radius 1 is 1.24 bits per heavy atom. The van der Waals surface area contributed by atoms with E-state index < -0.39 is 6.10 Å². The van der Waals surface area contributed by atoms with E-state index in [-0.39, 0.29) is 5.82 Å². The van der Waals surface area contributed by atoms with E-state index in [1.807, 2.05) is 6.92 Å². The van der Waals surface area contributed by atoms with Crippen molar-refractivity contribution in [2.75, 3.05) is 32.7 Å². The molecule has 1 fully saturated rings. The average molecular weight is 348 g/mol. The largest absolute Gasteiger partial charge is 0.387 e. The summed E-state index contributed by atoms with van der Waals surface area (Å²) in [6, 6.07) is 6.19. The van der Waals surface area contributed by atoms with Crippen LogP contribution in [0.15, 0.2) is 28.8 Å². The van der Waals surface area contributed by atoms with Crippen molar-refractivity contribution >= 4 is 0 Å². The van der Waals surface area contributed by atoms with Crippen LogP contribution in [0.1, 0.15) is 36.7 Å². The summed E-state index contributed by atoms with van der Waals surface area (Å²) in [7, 11) is 0. The lowest BCUT2D eigenvalue weighted by Crippen LogP contribution is -2.33. The summed E-state index contributed by atoms with van der Waals surface area (Å²) in [4.78, 5) is 8.89. The van der Waals surface area contributed by atoms with E-state index >= 15 is 0 Å². The van der Waals surface area contributed by atoms with Gasteiger partial charge in [-0.15, -0.1) is 0 Å². The van der Waals surface area contributed by atoms with Crippen molar-refractivity contribution in [1.82, 2.24) is 19.9 Å². The fourth-order valence-corrected chi connectivity index (χ4v) is 3.13. The Bertz CT molecular complexity index is 679. The molecule has 0 amide bonds. The van der Waals surface area contributed by atoms with Gasteiger partial charge in [0, 0.05) is 26.1 Å². The van der Waals surface area contributed by atoms with Gasteiger partial charge in [-0.3, -0.25) is 9.80 Å². The zero-order valence-corrected chi connectivity index (χ0v) is 14.6. The van der Waals surface area contributed by atoms with Gasteiger partial charge in [0.15, 0.2) is 5.82 Å². The van der Waals surface area contributed by atoms with Crippen LogP contribution in [0.4, 0.5) is 4.39 Å². The highest BCUT2D eigenvalue weighted by Crippen LogP contribution is 2.17. The third-order valence-electron chi connectivity index (χ3n) is 4.52. The van der Waals surface area contributed by atoms with Crippen LogP contribution in [-0.2, 0) is 13.0 Å². The standard InChI is InChI=1S/C18H25FN4O2/c1-2-18-20-17(21-25-18)13-23-8-4-7-22(9-10-23)12-16(24)14-5-3-6-15(19)11-14/h3,5-6,11,16,24H,2,4,7-10,12-13H2,1H3/t16-/m1/s1. The van der Waals surface area contributed by atoms with Gasteiger partial charge in [-0.25, -0.2) is 4.39 Å². The van der Waals surface area contributed by atoms with E-state index in [1.165, 1.54) is 12.1 Å². The van der Waals surface area contributed by atoms with E-state index in [2.05, 4.69) is 19.9 Å². The molecule has 2 heterocycles.